The van der Waals surface area contributed by atoms with E-state index in [9.17, 15) is 0 Å². The molecule has 2 heterocycles. The minimum Gasteiger partial charge on any atom is -0.315 e. The third kappa shape index (κ3) is 1.82. The minimum absolute atomic E-state index is 0.766. The van der Waals surface area contributed by atoms with Crippen LogP contribution in [0.5, 0.6) is 0 Å². The SMILES string of the molecule is Brc1cncnc1Nc1nc2c(s1)CCC2. The van der Waals surface area contributed by atoms with Crippen LogP contribution in [-0.4, -0.2) is 15.0 Å². The highest BCUT2D eigenvalue weighted by molar-refractivity contribution is 9.10. The number of thiazole rings is 1. The number of hydrogen-bond acceptors (Lipinski definition) is 5. The molecule has 0 fully saturated rings. The van der Waals surface area contributed by atoms with E-state index < -0.39 is 0 Å². The standard InChI is InChI=1S/C10H9BrN4S/c11-6-4-12-5-13-9(6)15-10-14-7-2-1-3-8(7)16-10/h4-5H,1-3H2,(H,12,13,14,15). The Morgan fingerprint density at radius 1 is 1.38 bits per heavy atom. The molecule has 1 aliphatic rings. The van der Waals surface area contributed by atoms with Crippen molar-refractivity contribution >= 4 is 38.2 Å². The molecule has 0 atom stereocenters. The minimum atomic E-state index is 0.766. The predicted molar refractivity (Wildman–Crippen MR) is 67.2 cm³/mol. The molecule has 1 aliphatic carbocycles. The van der Waals surface area contributed by atoms with Crippen molar-refractivity contribution in [3.05, 3.63) is 27.6 Å². The van der Waals surface area contributed by atoms with Gasteiger partial charge in [0.2, 0.25) is 0 Å². The topological polar surface area (TPSA) is 50.7 Å². The first-order chi connectivity index (χ1) is 7.83. The van der Waals surface area contributed by atoms with Gasteiger partial charge < -0.3 is 5.32 Å². The van der Waals surface area contributed by atoms with Crippen LogP contribution in [0.25, 0.3) is 0 Å². The van der Waals surface area contributed by atoms with Crippen LogP contribution in [-0.2, 0) is 12.8 Å². The van der Waals surface area contributed by atoms with Crippen LogP contribution in [0.2, 0.25) is 0 Å². The summed E-state index contributed by atoms with van der Waals surface area (Å²) in [5, 5.41) is 4.13. The van der Waals surface area contributed by atoms with Gasteiger partial charge in [-0.1, -0.05) is 0 Å². The van der Waals surface area contributed by atoms with Crippen molar-refractivity contribution in [2.45, 2.75) is 19.3 Å². The Hall–Kier alpha value is -1.01. The van der Waals surface area contributed by atoms with Crippen LogP contribution in [0.15, 0.2) is 17.0 Å². The molecule has 3 rings (SSSR count). The maximum Gasteiger partial charge on any atom is 0.188 e. The van der Waals surface area contributed by atoms with Crippen molar-refractivity contribution in [1.82, 2.24) is 15.0 Å². The van der Waals surface area contributed by atoms with Gasteiger partial charge in [0.1, 0.15) is 12.1 Å². The van der Waals surface area contributed by atoms with Crippen molar-refractivity contribution in [3.63, 3.8) is 0 Å². The second-order valence-electron chi connectivity index (χ2n) is 3.59. The molecule has 6 heteroatoms. The Morgan fingerprint density at radius 3 is 3.12 bits per heavy atom. The molecule has 16 heavy (non-hydrogen) atoms. The second kappa shape index (κ2) is 4.10. The Balaban J connectivity index is 1.87. The number of anilines is 2. The van der Waals surface area contributed by atoms with Crippen LogP contribution in [0.3, 0.4) is 0 Å². The number of rotatable bonds is 2. The van der Waals surface area contributed by atoms with E-state index in [2.05, 4.69) is 36.2 Å². The van der Waals surface area contributed by atoms with Crippen LogP contribution in [0, 0.1) is 0 Å². The van der Waals surface area contributed by atoms with E-state index in [0.717, 1.165) is 21.8 Å². The van der Waals surface area contributed by atoms with Gasteiger partial charge in [-0.25, -0.2) is 15.0 Å². The van der Waals surface area contributed by atoms with Crippen LogP contribution in [0.4, 0.5) is 10.9 Å². The molecule has 0 saturated carbocycles. The lowest BCUT2D eigenvalue weighted by Gasteiger charge is -2.02. The first-order valence-electron chi connectivity index (χ1n) is 5.04. The summed E-state index contributed by atoms with van der Waals surface area (Å²) < 4.78 is 0.852. The van der Waals surface area contributed by atoms with E-state index in [1.807, 2.05) is 0 Å². The fourth-order valence-corrected chi connectivity index (χ4v) is 3.12. The highest BCUT2D eigenvalue weighted by Gasteiger charge is 2.17. The molecule has 0 radical (unpaired) electrons. The van der Waals surface area contributed by atoms with Gasteiger partial charge in [0, 0.05) is 11.1 Å². The third-order valence-electron chi connectivity index (χ3n) is 2.49. The Kier molecular flexibility index (Phi) is 2.61. The lowest BCUT2D eigenvalue weighted by atomic mass is 10.4. The average molecular weight is 297 g/mol. The van der Waals surface area contributed by atoms with E-state index in [4.69, 9.17) is 0 Å². The lowest BCUT2D eigenvalue weighted by molar-refractivity contribution is 0.900. The van der Waals surface area contributed by atoms with Gasteiger partial charge in [0.25, 0.3) is 0 Å². The summed E-state index contributed by atoms with van der Waals surface area (Å²) >= 11 is 5.12. The van der Waals surface area contributed by atoms with Crippen LogP contribution in [0.1, 0.15) is 17.0 Å². The molecule has 0 saturated heterocycles. The molecule has 4 nitrogen and oxygen atoms in total. The van der Waals surface area contributed by atoms with Crippen LogP contribution >= 0.6 is 27.3 Å². The summed E-state index contributed by atoms with van der Waals surface area (Å²) in [4.78, 5) is 14.0. The van der Waals surface area contributed by atoms with E-state index in [1.165, 1.54) is 29.7 Å². The molecule has 2 aromatic heterocycles. The van der Waals surface area contributed by atoms with Crippen LogP contribution < -0.4 is 5.32 Å². The smallest absolute Gasteiger partial charge is 0.188 e. The molecular weight excluding hydrogens is 288 g/mol. The summed E-state index contributed by atoms with van der Waals surface area (Å²) in [6, 6.07) is 0. The van der Waals surface area contributed by atoms with E-state index in [1.54, 1.807) is 17.5 Å². The highest BCUT2D eigenvalue weighted by atomic mass is 79.9. The molecule has 82 valence electrons. The number of hydrogen-bond donors (Lipinski definition) is 1. The van der Waals surface area contributed by atoms with Gasteiger partial charge in [-0.05, 0) is 35.2 Å². The normalized spacial score (nSPS) is 13.8. The van der Waals surface area contributed by atoms with Gasteiger partial charge in [-0.3, -0.25) is 0 Å². The first-order valence-corrected chi connectivity index (χ1v) is 6.65. The zero-order valence-electron chi connectivity index (χ0n) is 8.40. The molecular formula is C10H9BrN4S. The third-order valence-corrected chi connectivity index (χ3v) is 4.14. The summed E-state index contributed by atoms with van der Waals surface area (Å²) in [6.45, 7) is 0. The Bertz CT molecular complexity index is 504. The average Bonchev–Trinajstić information content (AvgIpc) is 2.81. The van der Waals surface area contributed by atoms with Crippen molar-refractivity contribution in [3.8, 4) is 0 Å². The van der Waals surface area contributed by atoms with Gasteiger partial charge in [-0.15, -0.1) is 11.3 Å². The molecule has 0 aromatic carbocycles. The molecule has 2 aromatic rings. The monoisotopic (exact) mass is 296 g/mol. The Morgan fingerprint density at radius 2 is 2.31 bits per heavy atom. The summed E-state index contributed by atoms with van der Waals surface area (Å²) in [6.07, 6.45) is 6.76. The molecule has 0 bridgehead atoms. The maximum absolute atomic E-state index is 4.55. The quantitative estimate of drug-likeness (QED) is 0.926. The van der Waals surface area contributed by atoms with E-state index in [-0.39, 0.29) is 0 Å². The molecule has 0 aliphatic heterocycles. The van der Waals surface area contributed by atoms with Crippen molar-refractivity contribution in [1.29, 1.82) is 0 Å². The number of nitrogens with one attached hydrogen (secondary N) is 1. The number of aromatic nitrogens is 3. The van der Waals surface area contributed by atoms with Gasteiger partial charge in [0.05, 0.1) is 10.2 Å². The van der Waals surface area contributed by atoms with E-state index >= 15 is 0 Å². The van der Waals surface area contributed by atoms with Crippen molar-refractivity contribution in [2.24, 2.45) is 0 Å². The number of halogens is 1. The summed E-state index contributed by atoms with van der Waals surface area (Å²) in [5.74, 6) is 0.766. The first kappa shape index (κ1) is 10.2. The molecule has 0 spiro atoms. The zero-order chi connectivity index (χ0) is 11.0. The molecule has 0 amide bonds. The zero-order valence-corrected chi connectivity index (χ0v) is 10.8. The fraction of sp³-hybridized carbons (Fsp3) is 0.300. The maximum atomic E-state index is 4.55. The number of nitrogens with zero attached hydrogens (tertiary/aromatic N) is 3. The largest absolute Gasteiger partial charge is 0.315 e. The molecule has 1 N–H and O–H groups in total. The number of fused-ring (bicyclic) bond motifs is 1. The predicted octanol–water partition coefficient (Wildman–Crippen LogP) is 2.93. The highest BCUT2D eigenvalue weighted by Crippen LogP contribution is 2.32. The molecule has 0 unspecified atom stereocenters. The Labute approximate surface area is 105 Å². The van der Waals surface area contributed by atoms with Gasteiger partial charge in [-0.2, -0.15) is 0 Å². The van der Waals surface area contributed by atoms with Crippen molar-refractivity contribution in [2.75, 3.05) is 5.32 Å². The van der Waals surface area contributed by atoms with Gasteiger partial charge in [0.15, 0.2) is 5.13 Å². The lowest BCUT2D eigenvalue weighted by Crippen LogP contribution is -1.95. The second-order valence-corrected chi connectivity index (χ2v) is 5.52. The summed E-state index contributed by atoms with van der Waals surface area (Å²) in [5.41, 5.74) is 1.25. The number of aryl methyl sites for hydroxylation is 2. The fourth-order valence-electron chi connectivity index (χ4n) is 1.75. The summed E-state index contributed by atoms with van der Waals surface area (Å²) in [7, 11) is 0. The van der Waals surface area contributed by atoms with Gasteiger partial charge >= 0.3 is 0 Å². The van der Waals surface area contributed by atoms with Crippen molar-refractivity contribution < 1.29 is 0 Å². The van der Waals surface area contributed by atoms with E-state index in [0.29, 0.717) is 0 Å².